The molecule has 0 amide bonds. The van der Waals surface area contributed by atoms with E-state index in [4.69, 9.17) is 11.6 Å². The SMILES string of the molecule is C#CC.C/C=C\n1nc(C=O)cc1C.CC.CNc1scc(-c2ccc(Cl)cc2)c1C(=O)O. The Kier molecular flexibility index (Phi) is 14.7. The maximum Gasteiger partial charge on any atom is 0.339 e. The van der Waals surface area contributed by atoms with Crippen molar-refractivity contribution in [1.29, 1.82) is 0 Å². The fourth-order valence-electron chi connectivity index (χ4n) is 2.46. The number of carboxylic acid groups (broad SMARTS) is 1. The van der Waals surface area contributed by atoms with Crippen LogP contribution in [0.25, 0.3) is 17.3 Å². The molecule has 1 aromatic carbocycles. The van der Waals surface area contributed by atoms with Gasteiger partial charge in [0.05, 0.1) is 0 Å². The molecule has 6 nitrogen and oxygen atoms in total. The molecule has 0 aliphatic carbocycles. The van der Waals surface area contributed by atoms with Crippen LogP contribution in [0.3, 0.4) is 0 Å². The number of carbonyl (C=O) groups is 2. The first-order valence-electron chi connectivity index (χ1n) is 10.1. The molecule has 0 bridgehead atoms. The zero-order valence-corrected chi connectivity index (χ0v) is 21.3. The Bertz CT molecular complexity index is 1080. The van der Waals surface area contributed by atoms with Crippen LogP contribution in [-0.4, -0.2) is 34.2 Å². The highest BCUT2D eigenvalue weighted by Crippen LogP contribution is 2.35. The molecule has 2 aromatic heterocycles. The van der Waals surface area contributed by atoms with E-state index in [9.17, 15) is 14.7 Å². The summed E-state index contributed by atoms with van der Waals surface area (Å²) in [6.07, 6.45) is 9.02. The number of rotatable bonds is 5. The third kappa shape index (κ3) is 9.36. The lowest BCUT2D eigenvalue weighted by molar-refractivity contribution is 0.0699. The summed E-state index contributed by atoms with van der Waals surface area (Å²) in [5.41, 5.74) is 3.30. The lowest BCUT2D eigenvalue weighted by Gasteiger charge is -2.03. The van der Waals surface area contributed by atoms with Gasteiger partial charge in [0.2, 0.25) is 0 Å². The number of terminal acetylenes is 1. The molecule has 2 N–H and O–H groups in total. The van der Waals surface area contributed by atoms with Gasteiger partial charge in [0.1, 0.15) is 16.3 Å². The number of carbonyl (C=O) groups excluding carboxylic acids is 1. The minimum absolute atomic E-state index is 0.305. The Labute approximate surface area is 204 Å². The third-order valence-corrected chi connectivity index (χ3v) is 4.99. The number of aldehydes is 1. The van der Waals surface area contributed by atoms with Crippen LogP contribution in [0.5, 0.6) is 0 Å². The zero-order chi connectivity index (χ0) is 25.4. The van der Waals surface area contributed by atoms with Crippen molar-refractivity contribution in [1.82, 2.24) is 9.78 Å². The average Bonchev–Trinajstić information content (AvgIpc) is 3.40. The van der Waals surface area contributed by atoms with Gasteiger partial charge in [0, 0.05) is 34.9 Å². The summed E-state index contributed by atoms with van der Waals surface area (Å²) in [6, 6.07) is 8.87. The number of hydrogen-bond donors (Lipinski definition) is 2. The summed E-state index contributed by atoms with van der Waals surface area (Å²) in [6.45, 7) is 9.46. The second-order valence-corrected chi connectivity index (χ2v) is 7.28. The van der Waals surface area contributed by atoms with E-state index in [-0.39, 0.29) is 0 Å². The largest absolute Gasteiger partial charge is 0.478 e. The summed E-state index contributed by atoms with van der Waals surface area (Å²) in [4.78, 5) is 21.5. The van der Waals surface area contributed by atoms with Crippen molar-refractivity contribution < 1.29 is 14.7 Å². The van der Waals surface area contributed by atoms with Gasteiger partial charge >= 0.3 is 5.97 Å². The molecular weight excluding hydrogens is 458 g/mol. The number of carboxylic acids is 1. The number of halogens is 1. The summed E-state index contributed by atoms with van der Waals surface area (Å²) >= 11 is 7.19. The van der Waals surface area contributed by atoms with Crippen LogP contribution in [0.15, 0.2) is 41.8 Å². The Morgan fingerprint density at radius 3 is 2.30 bits per heavy atom. The van der Waals surface area contributed by atoms with E-state index in [0.29, 0.717) is 26.8 Å². The van der Waals surface area contributed by atoms with Gasteiger partial charge in [-0.15, -0.1) is 23.7 Å². The molecule has 33 heavy (non-hydrogen) atoms. The highest BCUT2D eigenvalue weighted by molar-refractivity contribution is 7.15. The summed E-state index contributed by atoms with van der Waals surface area (Å²) in [7, 11) is 1.71. The minimum Gasteiger partial charge on any atom is -0.478 e. The molecule has 0 unspecified atom stereocenters. The molecule has 0 radical (unpaired) electrons. The monoisotopic (exact) mass is 487 g/mol. The van der Waals surface area contributed by atoms with Crippen LogP contribution in [0.1, 0.15) is 54.2 Å². The van der Waals surface area contributed by atoms with Crippen molar-refractivity contribution in [2.24, 2.45) is 0 Å². The van der Waals surface area contributed by atoms with E-state index in [2.05, 4.69) is 22.8 Å². The van der Waals surface area contributed by atoms with Gasteiger partial charge in [-0.3, -0.25) is 4.79 Å². The van der Waals surface area contributed by atoms with Crippen LogP contribution < -0.4 is 5.32 Å². The number of benzene rings is 1. The summed E-state index contributed by atoms with van der Waals surface area (Å²) in [5, 5.41) is 19.2. The molecule has 176 valence electrons. The van der Waals surface area contributed by atoms with Crippen LogP contribution >= 0.6 is 22.9 Å². The van der Waals surface area contributed by atoms with E-state index in [1.807, 2.05) is 57.5 Å². The number of thiophene rings is 1. The lowest BCUT2D eigenvalue weighted by Crippen LogP contribution is -2.00. The topological polar surface area (TPSA) is 84.2 Å². The Morgan fingerprint density at radius 1 is 1.30 bits per heavy atom. The second-order valence-electron chi connectivity index (χ2n) is 5.96. The molecule has 0 atom stereocenters. The van der Waals surface area contributed by atoms with Crippen molar-refractivity contribution in [3.05, 3.63) is 63.8 Å². The smallest absolute Gasteiger partial charge is 0.339 e. The van der Waals surface area contributed by atoms with Crippen LogP contribution in [0.4, 0.5) is 5.00 Å². The average molecular weight is 488 g/mol. The van der Waals surface area contributed by atoms with E-state index in [0.717, 1.165) is 17.5 Å². The third-order valence-electron chi connectivity index (χ3n) is 3.74. The van der Waals surface area contributed by atoms with E-state index < -0.39 is 5.97 Å². The molecule has 0 aliphatic rings. The lowest BCUT2D eigenvalue weighted by atomic mass is 10.0. The van der Waals surface area contributed by atoms with Crippen molar-refractivity contribution in [3.63, 3.8) is 0 Å². The van der Waals surface area contributed by atoms with Crippen molar-refractivity contribution in [2.75, 3.05) is 12.4 Å². The summed E-state index contributed by atoms with van der Waals surface area (Å²) in [5.74, 6) is 1.32. The van der Waals surface area contributed by atoms with Gasteiger partial charge in [-0.05, 0) is 44.5 Å². The van der Waals surface area contributed by atoms with Crippen LogP contribution in [0.2, 0.25) is 5.02 Å². The standard InChI is InChI=1S/C12H10ClNO2S.C8H10N2O.C3H4.C2H6/c1-14-11-10(12(15)16)9(6-17-11)7-2-4-8(13)5-3-7;1-3-4-10-7(2)5-8(6-11)9-10;1-3-2;1-2/h2-6,14H,1H3,(H,15,16);3-6H,1-2H3;1H,2H3;1-2H3/b;4-3-;;. The molecule has 3 aromatic rings. The summed E-state index contributed by atoms with van der Waals surface area (Å²) < 4.78 is 1.67. The normalized spacial score (nSPS) is 9.27. The van der Waals surface area contributed by atoms with E-state index >= 15 is 0 Å². The maximum atomic E-state index is 11.2. The van der Waals surface area contributed by atoms with Gasteiger partial charge < -0.3 is 10.4 Å². The number of nitrogens with zero attached hydrogens (tertiary/aromatic N) is 2. The number of aromatic nitrogens is 2. The maximum absolute atomic E-state index is 11.2. The second kappa shape index (κ2) is 16.3. The molecule has 0 saturated carbocycles. The first kappa shape index (κ1) is 29.7. The van der Waals surface area contributed by atoms with Gasteiger partial charge in [0.25, 0.3) is 0 Å². The molecular formula is C25H30ClN3O3S. The Hall–Kier alpha value is -3.34. The van der Waals surface area contributed by atoms with Crippen LogP contribution in [-0.2, 0) is 0 Å². The van der Waals surface area contributed by atoms with E-state index in [1.54, 1.807) is 36.9 Å². The highest BCUT2D eigenvalue weighted by atomic mass is 35.5. The molecule has 0 fully saturated rings. The van der Waals surface area contributed by atoms with Crippen molar-refractivity contribution in [3.8, 4) is 23.5 Å². The zero-order valence-electron chi connectivity index (χ0n) is 19.7. The number of anilines is 1. The van der Waals surface area contributed by atoms with Gasteiger partial charge in [-0.25, -0.2) is 9.48 Å². The first-order valence-corrected chi connectivity index (χ1v) is 11.4. The van der Waals surface area contributed by atoms with Gasteiger partial charge in [-0.2, -0.15) is 5.10 Å². The molecule has 0 aliphatic heterocycles. The van der Waals surface area contributed by atoms with Gasteiger partial charge in [0.15, 0.2) is 6.29 Å². The number of nitrogens with one attached hydrogen (secondary N) is 1. The molecule has 0 saturated heterocycles. The fourth-order valence-corrected chi connectivity index (χ4v) is 3.51. The predicted molar refractivity (Wildman–Crippen MR) is 140 cm³/mol. The number of aromatic carboxylic acids is 1. The van der Waals surface area contributed by atoms with Gasteiger partial charge in [-0.1, -0.05) is 43.7 Å². The Morgan fingerprint density at radius 2 is 1.88 bits per heavy atom. The van der Waals surface area contributed by atoms with Crippen molar-refractivity contribution >= 4 is 46.4 Å². The number of allylic oxidation sites excluding steroid dienone is 1. The number of aryl methyl sites for hydroxylation is 1. The van der Waals surface area contributed by atoms with E-state index in [1.165, 1.54) is 11.3 Å². The quantitative estimate of drug-likeness (QED) is 0.300. The first-order chi connectivity index (χ1) is 15.8. The number of hydrogen-bond acceptors (Lipinski definition) is 5. The van der Waals surface area contributed by atoms with Crippen LogP contribution in [0, 0.1) is 19.3 Å². The Balaban J connectivity index is 0.000000552. The molecule has 0 spiro atoms. The molecule has 3 rings (SSSR count). The van der Waals surface area contributed by atoms with Crippen molar-refractivity contribution in [2.45, 2.75) is 34.6 Å². The highest BCUT2D eigenvalue weighted by Gasteiger charge is 2.18. The molecule has 8 heteroatoms. The molecule has 2 heterocycles. The predicted octanol–water partition coefficient (Wildman–Crippen LogP) is 6.97. The minimum atomic E-state index is -0.930. The fraction of sp³-hybridized carbons (Fsp3) is 0.240.